The predicted molar refractivity (Wildman–Crippen MR) is 157 cm³/mol. The molecule has 4 aromatic carbocycles. The molecule has 42 heavy (non-hydrogen) atoms. The number of nitrogens with zero attached hydrogens (tertiary/aromatic N) is 1. The average molecular weight is 614 g/mol. The van der Waals surface area contributed by atoms with Gasteiger partial charge in [0.2, 0.25) is 5.91 Å². The highest BCUT2D eigenvalue weighted by Gasteiger charge is 2.27. The summed E-state index contributed by atoms with van der Waals surface area (Å²) in [5.74, 6) is -0.214. The Balaban J connectivity index is 1.50. The number of methoxy groups -OCH3 is 1. The molecule has 0 aliphatic rings. The van der Waals surface area contributed by atoms with Gasteiger partial charge in [0, 0.05) is 11.4 Å². The molecular formula is C29H28FN3O7S2. The zero-order valence-corrected chi connectivity index (χ0v) is 24.3. The van der Waals surface area contributed by atoms with E-state index in [4.69, 9.17) is 9.47 Å². The van der Waals surface area contributed by atoms with Crippen molar-refractivity contribution in [1.82, 2.24) is 0 Å². The average Bonchev–Trinajstić information content (AvgIpc) is 2.97. The van der Waals surface area contributed by atoms with Gasteiger partial charge in [-0.3, -0.25) is 13.8 Å². The third-order valence-corrected chi connectivity index (χ3v) is 9.10. The van der Waals surface area contributed by atoms with Gasteiger partial charge >= 0.3 is 0 Å². The van der Waals surface area contributed by atoms with Gasteiger partial charge in [-0.15, -0.1) is 0 Å². The number of halogens is 1. The van der Waals surface area contributed by atoms with Crippen LogP contribution in [0.3, 0.4) is 0 Å². The van der Waals surface area contributed by atoms with Crippen LogP contribution in [-0.4, -0.2) is 43.0 Å². The van der Waals surface area contributed by atoms with Crippen LogP contribution in [0, 0.1) is 5.82 Å². The van der Waals surface area contributed by atoms with E-state index < -0.39 is 38.3 Å². The van der Waals surface area contributed by atoms with Crippen molar-refractivity contribution >= 4 is 43.0 Å². The lowest BCUT2D eigenvalue weighted by Gasteiger charge is -2.24. The molecule has 0 spiro atoms. The monoisotopic (exact) mass is 613 g/mol. The Labute approximate surface area is 243 Å². The minimum absolute atomic E-state index is 0.0480. The molecule has 13 heteroatoms. The summed E-state index contributed by atoms with van der Waals surface area (Å²) in [4.78, 5) is 12.8. The zero-order chi connectivity index (χ0) is 30.3. The van der Waals surface area contributed by atoms with Crippen LogP contribution in [0.4, 0.5) is 21.5 Å². The second-order valence-corrected chi connectivity index (χ2v) is 12.3. The van der Waals surface area contributed by atoms with Gasteiger partial charge in [0.15, 0.2) is 0 Å². The lowest BCUT2D eigenvalue weighted by molar-refractivity contribution is -0.114. The van der Waals surface area contributed by atoms with Gasteiger partial charge in [0.05, 0.1) is 29.2 Å². The fourth-order valence-electron chi connectivity index (χ4n) is 3.85. The van der Waals surface area contributed by atoms with Crippen LogP contribution in [-0.2, 0) is 24.8 Å². The van der Waals surface area contributed by atoms with E-state index in [0.29, 0.717) is 23.8 Å². The molecule has 0 radical (unpaired) electrons. The Hall–Kier alpha value is -4.62. The number of carbonyl (C=O) groups excluding carboxylic acids is 1. The number of amides is 1. The molecule has 10 nitrogen and oxygen atoms in total. The standard InChI is InChI=1S/C29H28FN3O7S2/c1-3-40-26-12-6-23(7-13-26)32-41(35,36)27-18-8-22(9-19-27)31-29(34)20-33(24-10-14-25(39-2)15-11-24)42(37,38)28-16-4-21(30)5-17-28/h4-19,32H,3,20H2,1-2H3,(H,31,34). The van der Waals surface area contributed by atoms with Gasteiger partial charge in [0.1, 0.15) is 23.9 Å². The lowest BCUT2D eigenvalue weighted by Crippen LogP contribution is -2.38. The lowest BCUT2D eigenvalue weighted by atomic mass is 10.3. The summed E-state index contributed by atoms with van der Waals surface area (Å²) in [6, 6.07) is 22.1. The van der Waals surface area contributed by atoms with Crippen molar-refractivity contribution < 1.29 is 35.5 Å². The number of sulfonamides is 2. The van der Waals surface area contributed by atoms with Crippen LogP contribution in [0.25, 0.3) is 0 Å². The third-order valence-electron chi connectivity index (χ3n) is 5.92. The van der Waals surface area contributed by atoms with E-state index in [2.05, 4.69) is 10.0 Å². The number of benzene rings is 4. The molecule has 4 rings (SSSR count). The molecule has 0 aliphatic carbocycles. The minimum Gasteiger partial charge on any atom is -0.497 e. The quantitative estimate of drug-likeness (QED) is 0.233. The highest BCUT2D eigenvalue weighted by Crippen LogP contribution is 2.26. The number of hydrogen-bond donors (Lipinski definition) is 2. The minimum atomic E-state index is -4.27. The fraction of sp³-hybridized carbons (Fsp3) is 0.138. The molecule has 2 N–H and O–H groups in total. The molecule has 220 valence electrons. The van der Waals surface area contributed by atoms with Crippen LogP contribution in [0.1, 0.15) is 6.92 Å². The summed E-state index contributed by atoms with van der Waals surface area (Å²) in [5, 5.41) is 2.59. The van der Waals surface area contributed by atoms with Gasteiger partial charge in [-0.2, -0.15) is 0 Å². The van der Waals surface area contributed by atoms with Crippen LogP contribution in [0.2, 0.25) is 0 Å². The van der Waals surface area contributed by atoms with Crippen LogP contribution in [0.15, 0.2) is 107 Å². The summed E-state index contributed by atoms with van der Waals surface area (Å²) in [5.41, 5.74) is 0.766. The smallest absolute Gasteiger partial charge is 0.264 e. The van der Waals surface area contributed by atoms with E-state index in [0.717, 1.165) is 28.6 Å². The maximum absolute atomic E-state index is 13.5. The Morgan fingerprint density at radius 1 is 0.762 bits per heavy atom. The summed E-state index contributed by atoms with van der Waals surface area (Å²) in [6.07, 6.45) is 0. The summed E-state index contributed by atoms with van der Waals surface area (Å²) < 4.78 is 79.9. The number of ether oxygens (including phenoxy) is 2. The van der Waals surface area contributed by atoms with Crippen molar-refractivity contribution in [2.45, 2.75) is 16.7 Å². The summed E-state index contributed by atoms with van der Waals surface area (Å²) >= 11 is 0. The van der Waals surface area contributed by atoms with E-state index >= 15 is 0 Å². The molecule has 0 bridgehead atoms. The number of nitrogens with one attached hydrogen (secondary N) is 2. The Bertz CT molecular complexity index is 1730. The molecule has 0 heterocycles. The normalized spacial score (nSPS) is 11.4. The second kappa shape index (κ2) is 12.9. The number of hydrogen-bond acceptors (Lipinski definition) is 7. The molecule has 0 unspecified atom stereocenters. The SMILES string of the molecule is CCOc1ccc(NS(=O)(=O)c2ccc(NC(=O)CN(c3ccc(OC)cc3)S(=O)(=O)c3ccc(F)cc3)cc2)cc1. The summed E-state index contributed by atoms with van der Waals surface area (Å²) in [7, 11) is -6.74. The van der Waals surface area contributed by atoms with Crippen molar-refractivity contribution in [3.8, 4) is 11.5 Å². The van der Waals surface area contributed by atoms with Crippen LogP contribution in [0.5, 0.6) is 11.5 Å². The maximum Gasteiger partial charge on any atom is 0.264 e. The van der Waals surface area contributed by atoms with E-state index in [-0.39, 0.29) is 21.2 Å². The van der Waals surface area contributed by atoms with Gasteiger partial charge in [-0.05, 0) is 104 Å². The highest BCUT2D eigenvalue weighted by atomic mass is 32.2. The van der Waals surface area contributed by atoms with Gasteiger partial charge in [-0.1, -0.05) is 0 Å². The molecular weight excluding hydrogens is 585 g/mol. The van der Waals surface area contributed by atoms with Crippen LogP contribution >= 0.6 is 0 Å². The topological polar surface area (TPSA) is 131 Å². The number of anilines is 3. The molecule has 0 saturated carbocycles. The molecule has 4 aromatic rings. The van der Waals surface area contributed by atoms with E-state index in [1.54, 1.807) is 36.4 Å². The molecule has 0 saturated heterocycles. The number of rotatable bonds is 12. The Kier molecular flexibility index (Phi) is 9.33. The van der Waals surface area contributed by atoms with Gasteiger partial charge in [0.25, 0.3) is 20.0 Å². The molecule has 1 amide bonds. The second-order valence-electron chi connectivity index (χ2n) is 8.80. The van der Waals surface area contributed by atoms with Crippen molar-refractivity contribution in [3.63, 3.8) is 0 Å². The van der Waals surface area contributed by atoms with E-state index in [1.165, 1.54) is 43.5 Å². The fourth-order valence-corrected chi connectivity index (χ4v) is 6.33. The maximum atomic E-state index is 13.5. The predicted octanol–water partition coefficient (Wildman–Crippen LogP) is 4.87. The van der Waals surface area contributed by atoms with Crippen molar-refractivity contribution in [2.24, 2.45) is 0 Å². The van der Waals surface area contributed by atoms with E-state index in [1.807, 2.05) is 6.92 Å². The molecule has 0 fully saturated rings. The van der Waals surface area contributed by atoms with E-state index in [9.17, 15) is 26.0 Å². The van der Waals surface area contributed by atoms with Crippen molar-refractivity contribution in [3.05, 3.63) is 103 Å². The van der Waals surface area contributed by atoms with Crippen molar-refractivity contribution in [2.75, 3.05) is 34.6 Å². The first-order valence-corrected chi connectivity index (χ1v) is 15.5. The van der Waals surface area contributed by atoms with Gasteiger partial charge < -0.3 is 14.8 Å². The highest BCUT2D eigenvalue weighted by molar-refractivity contribution is 7.93. The van der Waals surface area contributed by atoms with Gasteiger partial charge in [-0.25, -0.2) is 21.2 Å². The first-order valence-electron chi connectivity index (χ1n) is 12.6. The first-order chi connectivity index (χ1) is 20.0. The Morgan fingerprint density at radius 3 is 1.88 bits per heavy atom. The molecule has 0 atom stereocenters. The largest absolute Gasteiger partial charge is 0.497 e. The summed E-state index contributed by atoms with van der Waals surface area (Å²) in [6.45, 7) is 1.71. The molecule has 0 aliphatic heterocycles. The molecule has 0 aromatic heterocycles. The Morgan fingerprint density at radius 2 is 1.31 bits per heavy atom. The van der Waals surface area contributed by atoms with Crippen molar-refractivity contribution in [1.29, 1.82) is 0 Å². The van der Waals surface area contributed by atoms with Crippen LogP contribution < -0.4 is 23.8 Å². The first kappa shape index (κ1) is 30.3. The number of carbonyl (C=O) groups is 1. The third kappa shape index (κ3) is 7.36. The zero-order valence-electron chi connectivity index (χ0n) is 22.7.